The van der Waals surface area contributed by atoms with E-state index in [2.05, 4.69) is 5.32 Å². The van der Waals surface area contributed by atoms with E-state index < -0.39 is 34.3 Å². The first-order valence-electron chi connectivity index (χ1n) is 14.7. The van der Waals surface area contributed by atoms with E-state index in [0.29, 0.717) is 12.0 Å². The third kappa shape index (κ3) is 8.48. The van der Waals surface area contributed by atoms with Crippen LogP contribution in [0.1, 0.15) is 31.4 Å². The van der Waals surface area contributed by atoms with E-state index in [1.807, 2.05) is 44.2 Å². The monoisotopic (exact) mass is 631 g/mol. The highest BCUT2D eigenvalue weighted by Crippen LogP contribution is 2.32. The number of hydrogen-bond donors (Lipinski definition) is 1. The Kier molecular flexibility index (Phi) is 11.3. The number of methoxy groups -OCH3 is 1. The van der Waals surface area contributed by atoms with E-state index in [4.69, 9.17) is 4.74 Å². The van der Waals surface area contributed by atoms with Crippen LogP contribution in [0.3, 0.4) is 0 Å². The lowest BCUT2D eigenvalue weighted by molar-refractivity contribution is -0.140. The molecule has 45 heavy (non-hydrogen) atoms. The molecule has 0 aliphatic heterocycles. The molecule has 0 fully saturated rings. The Morgan fingerprint density at radius 1 is 0.844 bits per heavy atom. The van der Waals surface area contributed by atoms with Crippen LogP contribution in [-0.2, 0) is 32.6 Å². The van der Waals surface area contributed by atoms with Crippen molar-refractivity contribution >= 4 is 27.5 Å². The summed E-state index contributed by atoms with van der Waals surface area (Å²) in [6, 6.07) is 28.1. The van der Waals surface area contributed by atoms with Gasteiger partial charge in [0.05, 0.1) is 17.7 Å². The Labute approximate surface area is 264 Å². The highest BCUT2D eigenvalue weighted by atomic mass is 32.2. The van der Waals surface area contributed by atoms with Gasteiger partial charge in [-0.3, -0.25) is 13.9 Å². The summed E-state index contributed by atoms with van der Waals surface area (Å²) in [5, 5.41) is 2.99. The van der Waals surface area contributed by atoms with Crippen molar-refractivity contribution in [2.24, 2.45) is 0 Å². The topological polar surface area (TPSA) is 96.0 Å². The number of carbonyl (C=O) groups excluding carboxylic acids is 2. The fourth-order valence-corrected chi connectivity index (χ4v) is 6.30. The number of nitrogens with one attached hydrogen (secondary N) is 1. The molecule has 2 amide bonds. The number of sulfonamides is 1. The molecule has 0 bridgehead atoms. The number of ether oxygens (including phenoxy) is 1. The fourth-order valence-electron chi connectivity index (χ4n) is 4.85. The van der Waals surface area contributed by atoms with Crippen LogP contribution in [0.4, 0.5) is 10.1 Å². The summed E-state index contributed by atoms with van der Waals surface area (Å²) in [5.41, 5.74) is 1.56. The summed E-state index contributed by atoms with van der Waals surface area (Å²) >= 11 is 0. The number of nitrogens with zero attached hydrogens (tertiary/aromatic N) is 2. The van der Waals surface area contributed by atoms with Gasteiger partial charge in [-0.2, -0.15) is 0 Å². The summed E-state index contributed by atoms with van der Waals surface area (Å²) in [6.07, 6.45) is 0.850. The first kappa shape index (κ1) is 33.2. The second-order valence-electron chi connectivity index (χ2n) is 10.7. The van der Waals surface area contributed by atoms with E-state index in [9.17, 15) is 22.4 Å². The van der Waals surface area contributed by atoms with Crippen LogP contribution in [0.2, 0.25) is 0 Å². The van der Waals surface area contributed by atoms with Gasteiger partial charge >= 0.3 is 0 Å². The maximum absolute atomic E-state index is 14.5. The van der Waals surface area contributed by atoms with Gasteiger partial charge in [-0.15, -0.1) is 0 Å². The second-order valence-corrected chi connectivity index (χ2v) is 12.5. The number of amides is 2. The Morgan fingerprint density at radius 3 is 2.07 bits per heavy atom. The molecule has 4 rings (SSSR count). The average Bonchev–Trinajstić information content (AvgIpc) is 3.06. The number of carbonyl (C=O) groups is 2. The summed E-state index contributed by atoms with van der Waals surface area (Å²) in [7, 11) is -2.85. The van der Waals surface area contributed by atoms with Gasteiger partial charge in [0.15, 0.2) is 0 Å². The maximum Gasteiger partial charge on any atom is 0.264 e. The molecule has 1 N–H and O–H groups in total. The zero-order valence-corrected chi connectivity index (χ0v) is 26.4. The predicted octanol–water partition coefficient (Wildman–Crippen LogP) is 5.58. The molecule has 236 valence electrons. The van der Waals surface area contributed by atoms with E-state index in [-0.39, 0.29) is 41.2 Å². The molecule has 2 atom stereocenters. The van der Waals surface area contributed by atoms with Gasteiger partial charge < -0.3 is 15.0 Å². The molecule has 0 aliphatic rings. The van der Waals surface area contributed by atoms with Crippen molar-refractivity contribution in [3.63, 3.8) is 0 Å². The van der Waals surface area contributed by atoms with E-state index >= 15 is 0 Å². The molecule has 2 unspecified atom stereocenters. The Balaban J connectivity index is 1.82. The normalized spacial score (nSPS) is 12.5. The lowest BCUT2D eigenvalue weighted by Crippen LogP contribution is -2.54. The van der Waals surface area contributed by atoms with E-state index in [1.165, 1.54) is 36.3 Å². The molecular formula is C35H38FN3O5S. The van der Waals surface area contributed by atoms with Gasteiger partial charge in [0, 0.05) is 19.0 Å². The third-order valence-electron chi connectivity index (χ3n) is 7.50. The number of rotatable bonds is 14. The highest BCUT2D eigenvalue weighted by molar-refractivity contribution is 7.92. The number of anilines is 1. The third-order valence-corrected chi connectivity index (χ3v) is 9.28. The molecule has 8 nitrogen and oxygen atoms in total. The smallest absolute Gasteiger partial charge is 0.264 e. The highest BCUT2D eigenvalue weighted by Gasteiger charge is 2.35. The standard InChI is InChI=1S/C35H38FN3O5S/c1-4-26(2)37-35(41)32(23-27-13-7-5-8-14-27)38(24-28-19-21-29(36)22-20-28)34(40)25-39(31-17-11-12-18-33(31)44-3)45(42,43)30-15-9-6-10-16-30/h5-22,26,32H,4,23-25H2,1-3H3,(H,37,41). The summed E-state index contributed by atoms with van der Waals surface area (Å²) < 4.78 is 48.6. The van der Waals surface area contributed by atoms with Gasteiger partial charge in [0.25, 0.3) is 10.0 Å². The van der Waals surface area contributed by atoms with Gasteiger partial charge in [-0.05, 0) is 60.9 Å². The van der Waals surface area contributed by atoms with Crippen LogP contribution >= 0.6 is 0 Å². The van der Waals surface area contributed by atoms with Crippen molar-refractivity contribution in [1.29, 1.82) is 0 Å². The van der Waals surface area contributed by atoms with Gasteiger partial charge in [-0.25, -0.2) is 12.8 Å². The van der Waals surface area contributed by atoms with Gasteiger partial charge in [0.2, 0.25) is 11.8 Å². The lowest BCUT2D eigenvalue weighted by Gasteiger charge is -2.34. The lowest BCUT2D eigenvalue weighted by atomic mass is 10.0. The predicted molar refractivity (Wildman–Crippen MR) is 173 cm³/mol. The average molecular weight is 632 g/mol. The van der Waals surface area contributed by atoms with Crippen molar-refractivity contribution in [1.82, 2.24) is 10.2 Å². The Bertz CT molecular complexity index is 1670. The largest absolute Gasteiger partial charge is 0.495 e. The van der Waals surface area contributed by atoms with Crippen LogP contribution in [-0.4, -0.2) is 50.9 Å². The van der Waals surface area contributed by atoms with Crippen molar-refractivity contribution < 1.29 is 27.1 Å². The van der Waals surface area contributed by atoms with E-state index in [1.54, 1.807) is 54.6 Å². The number of halogens is 1. The first-order valence-corrected chi connectivity index (χ1v) is 16.2. The van der Waals surface area contributed by atoms with Crippen LogP contribution in [0.15, 0.2) is 114 Å². The molecule has 4 aromatic carbocycles. The zero-order chi connectivity index (χ0) is 32.4. The van der Waals surface area contributed by atoms with Crippen molar-refractivity contribution in [2.45, 2.75) is 50.2 Å². The first-order chi connectivity index (χ1) is 21.6. The molecular weight excluding hydrogens is 593 g/mol. The van der Waals surface area contributed by atoms with Crippen LogP contribution < -0.4 is 14.4 Å². The van der Waals surface area contributed by atoms with Crippen molar-refractivity contribution in [3.8, 4) is 5.75 Å². The van der Waals surface area contributed by atoms with Crippen molar-refractivity contribution in [3.05, 3.63) is 126 Å². The molecule has 0 radical (unpaired) electrons. The molecule has 0 aromatic heterocycles. The SMILES string of the molecule is CCC(C)NC(=O)C(Cc1ccccc1)N(Cc1ccc(F)cc1)C(=O)CN(c1ccccc1OC)S(=O)(=O)c1ccccc1. The minimum atomic E-state index is -4.27. The molecule has 10 heteroatoms. The van der Waals surface area contributed by atoms with Crippen LogP contribution in [0.25, 0.3) is 0 Å². The van der Waals surface area contributed by atoms with Gasteiger partial charge in [0.1, 0.15) is 24.2 Å². The van der Waals surface area contributed by atoms with E-state index in [0.717, 1.165) is 9.87 Å². The quantitative estimate of drug-likeness (QED) is 0.196. The molecule has 0 saturated heterocycles. The maximum atomic E-state index is 14.5. The zero-order valence-electron chi connectivity index (χ0n) is 25.6. The number of hydrogen-bond acceptors (Lipinski definition) is 5. The number of para-hydroxylation sites is 2. The summed E-state index contributed by atoms with van der Waals surface area (Å²) in [5.74, 6) is -1.18. The second kappa shape index (κ2) is 15.3. The molecule has 4 aromatic rings. The fraction of sp³-hybridized carbons (Fsp3) is 0.257. The molecule has 0 aliphatic carbocycles. The van der Waals surface area contributed by atoms with Gasteiger partial charge in [-0.1, -0.05) is 79.7 Å². The Hall–Kier alpha value is -4.70. The van der Waals surface area contributed by atoms with Crippen LogP contribution in [0.5, 0.6) is 5.75 Å². The minimum Gasteiger partial charge on any atom is -0.495 e. The summed E-state index contributed by atoms with van der Waals surface area (Å²) in [6.45, 7) is 3.13. The Morgan fingerprint density at radius 2 is 1.44 bits per heavy atom. The molecule has 0 saturated carbocycles. The van der Waals surface area contributed by atoms with Crippen molar-refractivity contribution in [2.75, 3.05) is 18.0 Å². The van der Waals surface area contributed by atoms with Crippen LogP contribution in [0, 0.1) is 5.82 Å². The molecule has 0 heterocycles. The minimum absolute atomic E-state index is 0.0101. The summed E-state index contributed by atoms with van der Waals surface area (Å²) in [4.78, 5) is 29.7. The number of benzene rings is 4. The molecule has 0 spiro atoms.